The minimum atomic E-state index is -3.03. The lowest BCUT2D eigenvalue weighted by Crippen LogP contribution is -2.30. The maximum absolute atomic E-state index is 11.3. The summed E-state index contributed by atoms with van der Waals surface area (Å²) in [6.07, 6.45) is 1.50. The van der Waals surface area contributed by atoms with Gasteiger partial charge in [-0.15, -0.1) is 0 Å². The maximum atomic E-state index is 11.3. The van der Waals surface area contributed by atoms with Crippen LogP contribution in [-0.4, -0.2) is 33.3 Å². The minimum Gasteiger partial charge on any atom is -0.314 e. The van der Waals surface area contributed by atoms with Gasteiger partial charge in [0.1, 0.15) is 0 Å². The van der Waals surface area contributed by atoms with E-state index < -0.39 is 10.0 Å². The molecule has 0 bridgehead atoms. The first-order chi connectivity index (χ1) is 6.48. The highest BCUT2D eigenvalue weighted by Crippen LogP contribution is 1.90. The molecule has 0 spiro atoms. The van der Waals surface area contributed by atoms with Crippen molar-refractivity contribution in [1.29, 1.82) is 0 Å². The second-order valence-electron chi connectivity index (χ2n) is 3.68. The van der Waals surface area contributed by atoms with E-state index in [0.29, 0.717) is 19.0 Å². The topological polar surface area (TPSA) is 58.2 Å². The van der Waals surface area contributed by atoms with Crippen LogP contribution in [0.2, 0.25) is 0 Å². The third-order valence-electron chi connectivity index (χ3n) is 1.71. The summed E-state index contributed by atoms with van der Waals surface area (Å²) in [4.78, 5) is 0. The van der Waals surface area contributed by atoms with Crippen LogP contribution in [0.5, 0.6) is 0 Å². The zero-order valence-corrected chi connectivity index (χ0v) is 10.2. The van der Waals surface area contributed by atoms with E-state index in [9.17, 15) is 8.42 Å². The molecule has 0 radical (unpaired) electrons. The lowest BCUT2D eigenvalue weighted by Gasteiger charge is -2.08. The summed E-state index contributed by atoms with van der Waals surface area (Å²) in [5, 5.41) is 3.18. The Labute approximate surface area is 87.5 Å². The molecule has 14 heavy (non-hydrogen) atoms. The van der Waals surface area contributed by atoms with Crippen molar-refractivity contribution in [2.45, 2.75) is 39.7 Å². The molecule has 0 unspecified atom stereocenters. The van der Waals surface area contributed by atoms with Gasteiger partial charge in [0.25, 0.3) is 0 Å². The molecule has 2 N–H and O–H groups in total. The van der Waals surface area contributed by atoms with Crippen molar-refractivity contribution in [3.63, 3.8) is 0 Å². The van der Waals surface area contributed by atoms with E-state index in [0.717, 1.165) is 13.0 Å². The monoisotopic (exact) mass is 222 g/mol. The number of hydrogen-bond acceptors (Lipinski definition) is 3. The number of hydrogen-bond donors (Lipinski definition) is 2. The summed E-state index contributed by atoms with van der Waals surface area (Å²) in [5.74, 6) is 0.215. The molecule has 0 saturated heterocycles. The highest BCUT2D eigenvalue weighted by Gasteiger charge is 2.07. The summed E-state index contributed by atoms with van der Waals surface area (Å²) in [7, 11) is -3.03. The quantitative estimate of drug-likeness (QED) is 0.595. The predicted molar refractivity (Wildman–Crippen MR) is 59.8 cm³/mol. The van der Waals surface area contributed by atoms with Crippen LogP contribution in [0.15, 0.2) is 0 Å². The second-order valence-corrected chi connectivity index (χ2v) is 5.60. The fraction of sp³-hybridized carbons (Fsp3) is 1.00. The molecule has 0 aromatic carbocycles. The molecule has 0 aliphatic heterocycles. The van der Waals surface area contributed by atoms with Gasteiger partial charge in [-0.05, 0) is 19.4 Å². The molecule has 0 aromatic rings. The molecular weight excluding hydrogens is 200 g/mol. The Morgan fingerprint density at radius 3 is 2.36 bits per heavy atom. The van der Waals surface area contributed by atoms with Crippen molar-refractivity contribution in [3.8, 4) is 0 Å². The number of nitrogens with one attached hydrogen (secondary N) is 2. The Morgan fingerprint density at radius 2 is 1.86 bits per heavy atom. The highest BCUT2D eigenvalue weighted by atomic mass is 32.2. The molecule has 5 heteroatoms. The molecule has 0 heterocycles. The van der Waals surface area contributed by atoms with E-state index >= 15 is 0 Å². The zero-order chi connectivity index (χ0) is 11.0. The van der Waals surface area contributed by atoms with Crippen molar-refractivity contribution >= 4 is 10.0 Å². The van der Waals surface area contributed by atoms with Gasteiger partial charge in [0.05, 0.1) is 5.75 Å². The van der Waals surface area contributed by atoms with Gasteiger partial charge in [0.2, 0.25) is 10.0 Å². The summed E-state index contributed by atoms with van der Waals surface area (Å²) in [6.45, 7) is 7.33. The summed E-state index contributed by atoms with van der Waals surface area (Å²) < 4.78 is 25.1. The normalized spacial score (nSPS) is 12.3. The summed E-state index contributed by atoms with van der Waals surface area (Å²) in [5.41, 5.74) is 0. The molecule has 0 saturated carbocycles. The molecule has 0 fully saturated rings. The Balaban J connectivity index is 3.56. The van der Waals surface area contributed by atoms with E-state index in [4.69, 9.17) is 0 Å². The molecule has 0 aliphatic rings. The van der Waals surface area contributed by atoms with E-state index in [2.05, 4.69) is 10.0 Å². The molecule has 0 amide bonds. The lowest BCUT2D eigenvalue weighted by atomic mass is 10.4. The van der Waals surface area contributed by atoms with Gasteiger partial charge < -0.3 is 5.32 Å². The SMILES string of the molecule is CCCNS(=O)(=O)CCCNC(C)C. The van der Waals surface area contributed by atoms with Gasteiger partial charge in [0, 0.05) is 12.6 Å². The van der Waals surface area contributed by atoms with Crippen LogP contribution in [0.25, 0.3) is 0 Å². The molecule has 0 rings (SSSR count). The first-order valence-electron chi connectivity index (χ1n) is 5.18. The van der Waals surface area contributed by atoms with Crippen LogP contribution in [-0.2, 0) is 10.0 Å². The number of rotatable bonds is 8. The predicted octanol–water partition coefficient (Wildman–Crippen LogP) is 0.704. The first kappa shape index (κ1) is 13.9. The van der Waals surface area contributed by atoms with Crippen LogP contribution >= 0.6 is 0 Å². The molecule has 0 aliphatic carbocycles. The Bertz CT molecular complexity index is 225. The third-order valence-corrected chi connectivity index (χ3v) is 3.18. The maximum Gasteiger partial charge on any atom is 0.211 e. The Kier molecular flexibility index (Phi) is 7.13. The van der Waals surface area contributed by atoms with Gasteiger partial charge >= 0.3 is 0 Å². The van der Waals surface area contributed by atoms with E-state index in [-0.39, 0.29) is 5.75 Å². The fourth-order valence-electron chi connectivity index (χ4n) is 0.983. The third kappa shape index (κ3) is 8.47. The van der Waals surface area contributed by atoms with E-state index in [1.54, 1.807) is 0 Å². The molecule has 4 nitrogen and oxygen atoms in total. The van der Waals surface area contributed by atoms with Crippen LogP contribution in [0.1, 0.15) is 33.6 Å². The van der Waals surface area contributed by atoms with Crippen molar-refractivity contribution < 1.29 is 8.42 Å². The molecule has 0 aromatic heterocycles. The van der Waals surface area contributed by atoms with Crippen LogP contribution in [0.3, 0.4) is 0 Å². The van der Waals surface area contributed by atoms with Gasteiger partial charge in [-0.2, -0.15) is 0 Å². The van der Waals surface area contributed by atoms with Crippen LogP contribution < -0.4 is 10.0 Å². The van der Waals surface area contributed by atoms with Crippen LogP contribution in [0, 0.1) is 0 Å². The average Bonchev–Trinajstić information content (AvgIpc) is 2.09. The summed E-state index contributed by atoms with van der Waals surface area (Å²) in [6, 6.07) is 0.418. The Morgan fingerprint density at radius 1 is 1.21 bits per heavy atom. The van der Waals surface area contributed by atoms with Gasteiger partial charge in [-0.3, -0.25) is 0 Å². The van der Waals surface area contributed by atoms with Crippen LogP contribution in [0.4, 0.5) is 0 Å². The second kappa shape index (κ2) is 7.20. The fourth-order valence-corrected chi connectivity index (χ4v) is 2.17. The zero-order valence-electron chi connectivity index (χ0n) is 9.34. The lowest BCUT2D eigenvalue weighted by molar-refractivity contribution is 0.560. The average molecular weight is 222 g/mol. The smallest absolute Gasteiger partial charge is 0.211 e. The van der Waals surface area contributed by atoms with Gasteiger partial charge in [0.15, 0.2) is 0 Å². The van der Waals surface area contributed by atoms with E-state index in [1.165, 1.54) is 0 Å². The Hall–Kier alpha value is -0.130. The van der Waals surface area contributed by atoms with Crippen molar-refractivity contribution in [1.82, 2.24) is 10.0 Å². The number of sulfonamides is 1. The van der Waals surface area contributed by atoms with Crippen molar-refractivity contribution in [3.05, 3.63) is 0 Å². The summed E-state index contributed by atoms with van der Waals surface area (Å²) >= 11 is 0. The molecule has 86 valence electrons. The standard InChI is InChI=1S/C9H22N2O2S/c1-4-6-11-14(12,13)8-5-7-10-9(2)3/h9-11H,4-8H2,1-3H3. The largest absolute Gasteiger partial charge is 0.314 e. The molecule has 0 atom stereocenters. The van der Waals surface area contributed by atoms with Crippen molar-refractivity contribution in [2.24, 2.45) is 0 Å². The van der Waals surface area contributed by atoms with Gasteiger partial charge in [-0.1, -0.05) is 20.8 Å². The first-order valence-corrected chi connectivity index (χ1v) is 6.84. The van der Waals surface area contributed by atoms with Crippen molar-refractivity contribution in [2.75, 3.05) is 18.8 Å². The highest BCUT2D eigenvalue weighted by molar-refractivity contribution is 7.89. The van der Waals surface area contributed by atoms with Gasteiger partial charge in [-0.25, -0.2) is 13.1 Å². The molecular formula is C9H22N2O2S. The minimum absolute atomic E-state index is 0.215. The van der Waals surface area contributed by atoms with E-state index in [1.807, 2.05) is 20.8 Å².